The van der Waals surface area contributed by atoms with Crippen molar-refractivity contribution in [1.29, 1.82) is 0 Å². The largest absolute Gasteiger partial charge is 0.508 e. The molecule has 0 saturated heterocycles. The third kappa shape index (κ3) is 3.64. The van der Waals surface area contributed by atoms with Crippen LogP contribution in [0.5, 0.6) is 5.75 Å². The predicted octanol–water partition coefficient (Wildman–Crippen LogP) is 5.96. The van der Waals surface area contributed by atoms with Crippen molar-refractivity contribution in [3.05, 3.63) is 64.7 Å². The van der Waals surface area contributed by atoms with Crippen molar-refractivity contribution in [3.8, 4) is 5.75 Å². The van der Waals surface area contributed by atoms with Crippen LogP contribution in [0, 0.1) is 11.3 Å². The molecule has 3 atom stereocenters. The number of aryl methyl sites for hydroxylation is 1. The number of phenolic OH excluding ortho intramolecular Hbond substituents is 1. The molecule has 30 heavy (non-hydrogen) atoms. The number of aromatic hydroxyl groups is 1. The highest BCUT2D eigenvalue weighted by molar-refractivity contribution is 5.94. The lowest BCUT2D eigenvalue weighted by molar-refractivity contribution is 0.0254. The molecule has 3 heteroatoms. The summed E-state index contributed by atoms with van der Waals surface area (Å²) < 4.78 is 0. The Morgan fingerprint density at radius 1 is 1.13 bits per heavy atom. The van der Waals surface area contributed by atoms with Crippen LogP contribution in [-0.2, 0) is 11.8 Å². The van der Waals surface area contributed by atoms with Crippen LogP contribution in [0.15, 0.2) is 42.5 Å². The van der Waals surface area contributed by atoms with Gasteiger partial charge in [0.25, 0.3) is 5.91 Å². The molecule has 0 unspecified atom stereocenters. The van der Waals surface area contributed by atoms with Crippen molar-refractivity contribution in [2.24, 2.45) is 11.3 Å². The van der Waals surface area contributed by atoms with Gasteiger partial charge in [-0.2, -0.15) is 0 Å². The summed E-state index contributed by atoms with van der Waals surface area (Å²) in [6.07, 6.45) is 5.91. The van der Waals surface area contributed by atoms with E-state index < -0.39 is 0 Å². The number of carbonyl (C=O) groups is 1. The number of benzene rings is 2. The van der Waals surface area contributed by atoms with E-state index in [1.807, 2.05) is 0 Å². The number of phenols is 1. The Bertz CT molecular complexity index is 932. The second-order valence-corrected chi connectivity index (χ2v) is 10.3. The second kappa shape index (κ2) is 7.76. The Morgan fingerprint density at radius 3 is 2.57 bits per heavy atom. The van der Waals surface area contributed by atoms with Crippen molar-refractivity contribution in [2.45, 2.75) is 71.1 Å². The highest BCUT2D eigenvalue weighted by Crippen LogP contribution is 2.57. The van der Waals surface area contributed by atoms with E-state index >= 15 is 0 Å². The topological polar surface area (TPSA) is 49.3 Å². The molecule has 0 bridgehead atoms. The fraction of sp³-hybridized carbons (Fsp3) is 0.519. The molecule has 2 aromatic carbocycles. The third-order valence-electron chi connectivity index (χ3n) is 7.95. The molecule has 0 spiro atoms. The number of nitrogens with one attached hydrogen (secondary N) is 1. The number of carbonyl (C=O) groups excluding carboxylic acids is 1. The van der Waals surface area contributed by atoms with Gasteiger partial charge < -0.3 is 10.4 Å². The van der Waals surface area contributed by atoms with Gasteiger partial charge in [-0.3, -0.25) is 4.79 Å². The first-order chi connectivity index (χ1) is 14.2. The maximum atomic E-state index is 12.7. The van der Waals surface area contributed by atoms with Gasteiger partial charge in [-0.05, 0) is 89.3 Å². The van der Waals surface area contributed by atoms with Crippen molar-refractivity contribution in [1.82, 2.24) is 5.32 Å². The van der Waals surface area contributed by atoms with E-state index in [0.29, 0.717) is 23.9 Å². The van der Waals surface area contributed by atoms with Gasteiger partial charge in [0.2, 0.25) is 0 Å². The fourth-order valence-electron chi connectivity index (χ4n) is 6.21. The van der Waals surface area contributed by atoms with Crippen LogP contribution in [0.25, 0.3) is 0 Å². The normalized spacial score (nSPS) is 28.0. The number of fused-ring (bicyclic) bond motifs is 3. The van der Waals surface area contributed by atoms with E-state index in [4.69, 9.17) is 0 Å². The predicted molar refractivity (Wildman–Crippen MR) is 122 cm³/mol. The minimum absolute atomic E-state index is 0.0544. The molecule has 4 rings (SSSR count). The van der Waals surface area contributed by atoms with Crippen molar-refractivity contribution >= 4 is 5.91 Å². The summed E-state index contributed by atoms with van der Waals surface area (Å²) in [5, 5.41) is 12.7. The van der Waals surface area contributed by atoms with Crippen molar-refractivity contribution in [3.63, 3.8) is 0 Å². The molecule has 2 aliphatic rings. The van der Waals surface area contributed by atoms with Gasteiger partial charge in [-0.25, -0.2) is 0 Å². The standard InChI is InChI=1S/C27H35NO2/c1-18(2)20-8-12-23-21(16-20)9-13-24-26(3,14-5-15-27(23,24)4)17-28-25(30)19-6-10-22(29)11-7-19/h6-8,10-12,16,18,24,29H,5,9,13-15,17H2,1-4H3,(H,28,30)/t24-,26-,27+/m0/s1. The van der Waals surface area contributed by atoms with E-state index in [0.717, 1.165) is 12.8 Å². The molecule has 2 aromatic rings. The molecule has 1 saturated carbocycles. The van der Waals surface area contributed by atoms with Crippen LogP contribution < -0.4 is 5.32 Å². The highest BCUT2D eigenvalue weighted by Gasteiger charge is 2.51. The van der Waals surface area contributed by atoms with Gasteiger partial charge in [-0.15, -0.1) is 0 Å². The van der Waals surface area contributed by atoms with Crippen LogP contribution in [0.3, 0.4) is 0 Å². The summed E-state index contributed by atoms with van der Waals surface area (Å²) in [5.41, 5.74) is 5.39. The Kier molecular flexibility index (Phi) is 5.42. The number of rotatable bonds is 4. The van der Waals surface area contributed by atoms with Crippen LogP contribution in [0.1, 0.15) is 86.3 Å². The van der Waals surface area contributed by atoms with Crippen molar-refractivity contribution < 1.29 is 9.90 Å². The van der Waals surface area contributed by atoms with E-state index in [9.17, 15) is 9.90 Å². The van der Waals surface area contributed by atoms with Crippen LogP contribution >= 0.6 is 0 Å². The third-order valence-corrected chi connectivity index (χ3v) is 7.95. The molecule has 160 valence electrons. The average Bonchev–Trinajstić information content (AvgIpc) is 2.72. The molecule has 1 amide bonds. The lowest BCUT2D eigenvalue weighted by atomic mass is 9.49. The summed E-state index contributed by atoms with van der Waals surface area (Å²) in [6.45, 7) is 10.1. The Balaban J connectivity index is 1.55. The first-order valence-electron chi connectivity index (χ1n) is 11.4. The first kappa shape index (κ1) is 21.0. The van der Waals surface area contributed by atoms with Crippen LogP contribution in [-0.4, -0.2) is 17.6 Å². The number of amides is 1. The second-order valence-electron chi connectivity index (χ2n) is 10.3. The molecular formula is C27H35NO2. The molecule has 2 aliphatic carbocycles. The van der Waals surface area contributed by atoms with Crippen LogP contribution in [0.4, 0.5) is 0 Å². The molecule has 0 aliphatic heterocycles. The van der Waals surface area contributed by atoms with E-state index in [1.165, 1.54) is 30.4 Å². The summed E-state index contributed by atoms with van der Waals surface area (Å²) >= 11 is 0. The summed E-state index contributed by atoms with van der Waals surface area (Å²) in [4.78, 5) is 12.7. The van der Waals surface area contributed by atoms with Gasteiger partial charge in [0.05, 0.1) is 0 Å². The maximum absolute atomic E-state index is 12.7. The Morgan fingerprint density at radius 2 is 1.87 bits per heavy atom. The first-order valence-corrected chi connectivity index (χ1v) is 11.4. The summed E-state index contributed by atoms with van der Waals surface area (Å²) in [7, 11) is 0. The zero-order chi connectivity index (χ0) is 21.5. The van der Waals surface area contributed by atoms with Crippen LogP contribution in [0.2, 0.25) is 0 Å². The zero-order valence-corrected chi connectivity index (χ0v) is 18.8. The average molecular weight is 406 g/mol. The molecular weight excluding hydrogens is 370 g/mol. The molecule has 1 fully saturated rings. The van der Waals surface area contributed by atoms with E-state index in [2.05, 4.69) is 51.2 Å². The number of hydrogen-bond acceptors (Lipinski definition) is 2. The van der Waals surface area contributed by atoms with E-state index in [1.54, 1.807) is 29.8 Å². The SMILES string of the molecule is CC(C)c1ccc2c(c1)CC[C@H]1[C@](C)(CNC(=O)c3ccc(O)cc3)CCC[C@]21C. The summed E-state index contributed by atoms with van der Waals surface area (Å²) in [6, 6.07) is 13.7. The molecule has 2 N–H and O–H groups in total. The quantitative estimate of drug-likeness (QED) is 0.660. The van der Waals surface area contributed by atoms with Gasteiger partial charge in [0.15, 0.2) is 0 Å². The highest BCUT2D eigenvalue weighted by atomic mass is 16.3. The molecule has 0 aromatic heterocycles. The lowest BCUT2D eigenvalue weighted by Crippen LogP contribution is -2.53. The minimum atomic E-state index is -0.0544. The monoisotopic (exact) mass is 405 g/mol. The van der Waals surface area contributed by atoms with Gasteiger partial charge >= 0.3 is 0 Å². The smallest absolute Gasteiger partial charge is 0.251 e. The maximum Gasteiger partial charge on any atom is 0.251 e. The van der Waals surface area contributed by atoms with E-state index in [-0.39, 0.29) is 22.5 Å². The molecule has 0 heterocycles. The summed E-state index contributed by atoms with van der Waals surface area (Å²) in [5.74, 6) is 1.26. The Labute approximate surface area is 180 Å². The molecule has 3 nitrogen and oxygen atoms in total. The van der Waals surface area contributed by atoms with Gasteiger partial charge in [-0.1, -0.05) is 52.3 Å². The van der Waals surface area contributed by atoms with Gasteiger partial charge in [0, 0.05) is 12.1 Å². The lowest BCUT2D eigenvalue weighted by Gasteiger charge is -2.55. The number of hydrogen-bond donors (Lipinski definition) is 2. The zero-order valence-electron chi connectivity index (χ0n) is 18.8. The Hall–Kier alpha value is -2.29. The fourth-order valence-corrected chi connectivity index (χ4v) is 6.21. The van der Waals surface area contributed by atoms with Crippen molar-refractivity contribution in [2.75, 3.05) is 6.54 Å². The van der Waals surface area contributed by atoms with Gasteiger partial charge in [0.1, 0.15) is 5.75 Å². The minimum Gasteiger partial charge on any atom is -0.508 e. The molecule has 0 radical (unpaired) electrons.